The number of nitrogens with two attached hydrogens (primary N) is 1. The standard InChI is InChI=1S/C14H18FN5O/c1-19-6-7-20(2)11(8-19)13-17-14(21-18-13)12-9(15)4-3-5-10(12)16/h3-5,11H,6-8,16H2,1-2H3. The second kappa shape index (κ2) is 5.42. The molecule has 0 saturated carbocycles. The van der Waals surface area contributed by atoms with Gasteiger partial charge in [0.2, 0.25) is 0 Å². The van der Waals surface area contributed by atoms with Gasteiger partial charge in [-0.05, 0) is 26.2 Å². The fourth-order valence-corrected chi connectivity index (χ4v) is 2.53. The highest BCUT2D eigenvalue weighted by molar-refractivity contribution is 5.70. The maximum Gasteiger partial charge on any atom is 0.263 e. The Labute approximate surface area is 122 Å². The smallest absolute Gasteiger partial charge is 0.263 e. The number of aromatic nitrogens is 2. The largest absolute Gasteiger partial charge is 0.398 e. The highest BCUT2D eigenvalue weighted by atomic mass is 19.1. The summed E-state index contributed by atoms with van der Waals surface area (Å²) in [5.41, 5.74) is 6.26. The lowest BCUT2D eigenvalue weighted by Crippen LogP contribution is -2.45. The van der Waals surface area contributed by atoms with Crippen molar-refractivity contribution in [3.63, 3.8) is 0 Å². The molecule has 1 aromatic carbocycles. The Morgan fingerprint density at radius 1 is 1.33 bits per heavy atom. The van der Waals surface area contributed by atoms with E-state index in [1.807, 2.05) is 7.05 Å². The van der Waals surface area contributed by atoms with E-state index >= 15 is 0 Å². The van der Waals surface area contributed by atoms with Crippen molar-refractivity contribution in [3.05, 3.63) is 29.8 Å². The van der Waals surface area contributed by atoms with Gasteiger partial charge in [0.1, 0.15) is 5.82 Å². The quantitative estimate of drug-likeness (QED) is 0.843. The highest BCUT2D eigenvalue weighted by Gasteiger charge is 2.28. The van der Waals surface area contributed by atoms with E-state index in [1.165, 1.54) is 6.07 Å². The summed E-state index contributed by atoms with van der Waals surface area (Å²) < 4.78 is 19.1. The van der Waals surface area contributed by atoms with Crippen LogP contribution in [-0.2, 0) is 0 Å². The lowest BCUT2D eigenvalue weighted by Gasteiger charge is -2.35. The minimum atomic E-state index is -0.459. The molecule has 6 nitrogen and oxygen atoms in total. The molecule has 0 bridgehead atoms. The molecule has 1 atom stereocenters. The molecule has 0 aliphatic carbocycles. The molecule has 7 heteroatoms. The number of halogens is 1. The lowest BCUT2D eigenvalue weighted by molar-refractivity contribution is 0.108. The summed E-state index contributed by atoms with van der Waals surface area (Å²) in [4.78, 5) is 8.72. The molecule has 0 amide bonds. The zero-order valence-corrected chi connectivity index (χ0v) is 12.1. The lowest BCUT2D eigenvalue weighted by atomic mass is 10.1. The maximum absolute atomic E-state index is 13.9. The Bertz CT molecular complexity index is 624. The number of nitrogen functional groups attached to an aromatic ring is 1. The van der Waals surface area contributed by atoms with Crippen molar-refractivity contribution in [2.24, 2.45) is 0 Å². The van der Waals surface area contributed by atoms with Crippen molar-refractivity contribution in [2.45, 2.75) is 6.04 Å². The molecule has 21 heavy (non-hydrogen) atoms. The summed E-state index contributed by atoms with van der Waals surface area (Å²) in [6.45, 7) is 2.73. The second-order valence-corrected chi connectivity index (χ2v) is 5.42. The SMILES string of the molecule is CN1CCN(C)C(c2noc(-c3c(N)cccc3F)n2)C1. The van der Waals surface area contributed by atoms with Crippen LogP contribution < -0.4 is 5.73 Å². The summed E-state index contributed by atoms with van der Waals surface area (Å²) in [6, 6.07) is 4.53. The van der Waals surface area contributed by atoms with Crippen molar-refractivity contribution in [1.82, 2.24) is 19.9 Å². The highest BCUT2D eigenvalue weighted by Crippen LogP contribution is 2.29. The minimum Gasteiger partial charge on any atom is -0.398 e. The van der Waals surface area contributed by atoms with Crippen molar-refractivity contribution in [3.8, 4) is 11.5 Å². The molecule has 2 aromatic rings. The maximum atomic E-state index is 13.9. The molecule has 1 aliphatic heterocycles. The van der Waals surface area contributed by atoms with Crippen molar-refractivity contribution < 1.29 is 8.91 Å². The van der Waals surface area contributed by atoms with Crippen LogP contribution in [0.25, 0.3) is 11.5 Å². The van der Waals surface area contributed by atoms with Gasteiger partial charge in [0.05, 0.1) is 11.6 Å². The van der Waals surface area contributed by atoms with Crippen LogP contribution in [-0.4, -0.2) is 53.7 Å². The summed E-state index contributed by atoms with van der Waals surface area (Å²) in [6.07, 6.45) is 0. The van der Waals surface area contributed by atoms with Crippen LogP contribution in [0.15, 0.2) is 22.7 Å². The molecule has 2 N–H and O–H groups in total. The van der Waals surface area contributed by atoms with Crippen LogP contribution in [0, 0.1) is 5.82 Å². The van der Waals surface area contributed by atoms with E-state index in [0.29, 0.717) is 11.5 Å². The van der Waals surface area contributed by atoms with E-state index in [1.54, 1.807) is 12.1 Å². The third-order valence-corrected chi connectivity index (χ3v) is 3.85. The minimum absolute atomic E-state index is 0.0363. The number of benzene rings is 1. The zero-order valence-electron chi connectivity index (χ0n) is 12.1. The van der Waals surface area contributed by atoms with Gasteiger partial charge in [0, 0.05) is 25.3 Å². The fraction of sp³-hybridized carbons (Fsp3) is 0.429. The summed E-state index contributed by atoms with van der Waals surface area (Å²) in [5, 5.41) is 4.01. The summed E-state index contributed by atoms with van der Waals surface area (Å²) >= 11 is 0. The summed E-state index contributed by atoms with van der Waals surface area (Å²) in [7, 11) is 4.07. The first-order valence-electron chi connectivity index (χ1n) is 6.83. The first kappa shape index (κ1) is 14.0. The molecular weight excluding hydrogens is 273 g/mol. The van der Waals surface area contributed by atoms with Gasteiger partial charge in [0.25, 0.3) is 5.89 Å². The van der Waals surface area contributed by atoms with E-state index in [4.69, 9.17) is 10.3 Å². The molecule has 1 saturated heterocycles. The van der Waals surface area contributed by atoms with Crippen LogP contribution in [0.5, 0.6) is 0 Å². The van der Waals surface area contributed by atoms with Crippen LogP contribution in [0.4, 0.5) is 10.1 Å². The Balaban J connectivity index is 1.93. The fourth-order valence-electron chi connectivity index (χ4n) is 2.53. The van der Waals surface area contributed by atoms with E-state index < -0.39 is 5.82 Å². The second-order valence-electron chi connectivity index (χ2n) is 5.42. The molecule has 2 heterocycles. The average molecular weight is 291 g/mol. The first-order chi connectivity index (χ1) is 10.1. The van der Waals surface area contributed by atoms with Crippen molar-refractivity contribution in [2.75, 3.05) is 39.5 Å². The van der Waals surface area contributed by atoms with Gasteiger partial charge in [-0.3, -0.25) is 4.90 Å². The number of hydrogen-bond donors (Lipinski definition) is 1. The monoisotopic (exact) mass is 291 g/mol. The average Bonchev–Trinajstić information content (AvgIpc) is 2.90. The molecule has 1 unspecified atom stereocenters. The molecule has 0 spiro atoms. The number of anilines is 1. The number of hydrogen-bond acceptors (Lipinski definition) is 6. The van der Waals surface area contributed by atoms with Crippen LogP contribution >= 0.6 is 0 Å². The van der Waals surface area contributed by atoms with Gasteiger partial charge in [-0.25, -0.2) is 4.39 Å². The van der Waals surface area contributed by atoms with Crippen molar-refractivity contribution >= 4 is 5.69 Å². The normalized spacial score (nSPS) is 20.8. The predicted molar refractivity (Wildman–Crippen MR) is 77.0 cm³/mol. The topological polar surface area (TPSA) is 71.4 Å². The zero-order chi connectivity index (χ0) is 15.0. The van der Waals surface area contributed by atoms with E-state index in [2.05, 4.69) is 27.0 Å². The van der Waals surface area contributed by atoms with Crippen LogP contribution in [0.3, 0.4) is 0 Å². The van der Waals surface area contributed by atoms with Gasteiger partial charge >= 0.3 is 0 Å². The van der Waals surface area contributed by atoms with Crippen LogP contribution in [0.1, 0.15) is 11.9 Å². The first-order valence-corrected chi connectivity index (χ1v) is 6.83. The van der Waals surface area contributed by atoms with E-state index in [0.717, 1.165) is 19.6 Å². The molecule has 1 aromatic heterocycles. The number of rotatable bonds is 2. The van der Waals surface area contributed by atoms with Crippen LogP contribution in [0.2, 0.25) is 0 Å². The molecule has 1 aliphatic rings. The Morgan fingerprint density at radius 3 is 2.90 bits per heavy atom. The summed E-state index contributed by atoms with van der Waals surface area (Å²) in [5.74, 6) is 0.225. The molecule has 3 rings (SSSR count). The Hall–Kier alpha value is -1.99. The van der Waals surface area contributed by atoms with Gasteiger partial charge in [0.15, 0.2) is 5.82 Å². The van der Waals surface area contributed by atoms with Crippen molar-refractivity contribution in [1.29, 1.82) is 0 Å². The van der Waals surface area contributed by atoms with Gasteiger partial charge in [-0.15, -0.1) is 0 Å². The predicted octanol–water partition coefficient (Wildman–Crippen LogP) is 1.38. The number of likely N-dealkylation sites (N-methyl/N-ethyl adjacent to an activating group) is 2. The molecule has 1 fully saturated rings. The van der Waals surface area contributed by atoms with E-state index in [9.17, 15) is 4.39 Å². The number of nitrogens with zero attached hydrogens (tertiary/aromatic N) is 4. The van der Waals surface area contributed by atoms with E-state index in [-0.39, 0.29) is 17.5 Å². The molecular formula is C14H18FN5O. The number of piperazine rings is 1. The Kier molecular flexibility index (Phi) is 3.60. The third-order valence-electron chi connectivity index (χ3n) is 3.85. The molecule has 0 radical (unpaired) electrons. The van der Waals surface area contributed by atoms with Gasteiger partial charge in [-0.2, -0.15) is 4.98 Å². The Morgan fingerprint density at radius 2 is 2.14 bits per heavy atom. The van der Waals surface area contributed by atoms with Gasteiger partial charge in [-0.1, -0.05) is 11.2 Å². The third kappa shape index (κ3) is 2.62. The van der Waals surface area contributed by atoms with Gasteiger partial charge < -0.3 is 15.2 Å². The molecule has 112 valence electrons.